The van der Waals surface area contributed by atoms with Crippen LogP contribution in [0.2, 0.25) is 0 Å². The Morgan fingerprint density at radius 2 is 1.50 bits per heavy atom. The molecule has 0 saturated heterocycles. The van der Waals surface area contributed by atoms with E-state index < -0.39 is 0 Å². The number of rotatable bonds is 2. The Balaban J connectivity index is -0.0000000787. The summed E-state index contributed by atoms with van der Waals surface area (Å²) in [4.78, 5) is 3.25. The summed E-state index contributed by atoms with van der Waals surface area (Å²) in [6.07, 6.45) is 4.35. The first kappa shape index (κ1) is 16.1. The molecule has 0 amide bonds. The van der Waals surface area contributed by atoms with Gasteiger partial charge in [0.25, 0.3) is 0 Å². The minimum absolute atomic E-state index is 1.08. The van der Waals surface area contributed by atoms with Crippen molar-refractivity contribution in [3.05, 3.63) is 25.4 Å². The average molecular weight is 141 g/mol. The van der Waals surface area contributed by atoms with E-state index in [0.717, 1.165) is 6.42 Å². The van der Waals surface area contributed by atoms with E-state index in [1.165, 1.54) is 6.20 Å². The van der Waals surface area contributed by atoms with Gasteiger partial charge in [-0.2, -0.15) is 0 Å². The van der Waals surface area contributed by atoms with Crippen LogP contribution in [0, 0.1) is 0 Å². The second kappa shape index (κ2) is 42.0. The minimum Gasteiger partial charge on any atom is -0.273 e. The van der Waals surface area contributed by atoms with Gasteiger partial charge in [-0.05, 0) is 13.1 Å². The molecular weight excluding hydrogens is 122 g/mol. The van der Waals surface area contributed by atoms with Crippen LogP contribution in [0.4, 0.5) is 0 Å². The molecule has 0 heterocycles. The first-order valence-corrected chi connectivity index (χ1v) is 3.51. The summed E-state index contributed by atoms with van der Waals surface area (Å²) in [5, 5.41) is 0. The maximum Gasteiger partial charge on any atom is 0.0188 e. The van der Waals surface area contributed by atoms with Gasteiger partial charge in [0.2, 0.25) is 0 Å². The summed E-state index contributed by atoms with van der Waals surface area (Å²) in [5.41, 5.74) is 0. The van der Waals surface area contributed by atoms with Gasteiger partial charge in [-0.1, -0.05) is 33.4 Å². The number of hydrogen-bond acceptors (Lipinski definition) is 1. The Labute approximate surface area is 65.2 Å². The van der Waals surface area contributed by atoms with Gasteiger partial charge in [-0.15, -0.1) is 6.58 Å². The molecule has 1 heteroatoms. The van der Waals surface area contributed by atoms with Gasteiger partial charge in [0.1, 0.15) is 0 Å². The first-order valence-electron chi connectivity index (χ1n) is 3.51. The van der Waals surface area contributed by atoms with Crippen LogP contribution in [0.15, 0.2) is 30.4 Å². The molecule has 0 saturated carbocycles. The van der Waals surface area contributed by atoms with Crippen molar-refractivity contribution in [1.29, 1.82) is 0 Å². The lowest BCUT2D eigenvalue weighted by molar-refractivity contribution is 1.23. The summed E-state index contributed by atoms with van der Waals surface area (Å²) in [7, 11) is 0. The standard InChI is InChI=1S/C4H8.C3H5N.C2H6/c2*1-3-4-2;1-2/h3H,1,4H2,2H3;3H,1-2H2;1-2H3. The van der Waals surface area contributed by atoms with Gasteiger partial charge < -0.3 is 0 Å². The summed E-state index contributed by atoms with van der Waals surface area (Å²) in [6, 6.07) is 0. The second-order valence-corrected chi connectivity index (χ2v) is 1.06. The van der Waals surface area contributed by atoms with Crippen molar-refractivity contribution in [3.8, 4) is 0 Å². The Kier molecular flexibility index (Phi) is 67.5. The van der Waals surface area contributed by atoms with Gasteiger partial charge in [-0.3, -0.25) is 4.99 Å². The highest BCUT2D eigenvalue weighted by molar-refractivity contribution is 5.24. The van der Waals surface area contributed by atoms with Gasteiger partial charge in [-0.25, -0.2) is 0 Å². The van der Waals surface area contributed by atoms with E-state index in [-0.39, 0.29) is 0 Å². The van der Waals surface area contributed by atoms with E-state index in [4.69, 9.17) is 0 Å². The fourth-order valence-electron chi connectivity index (χ4n) is 0. The Morgan fingerprint density at radius 1 is 1.30 bits per heavy atom. The Bertz CT molecular complexity index is 59.1. The maximum atomic E-state index is 3.48. The Morgan fingerprint density at radius 3 is 1.50 bits per heavy atom. The maximum absolute atomic E-state index is 3.48. The van der Waals surface area contributed by atoms with Crippen LogP contribution in [0.1, 0.15) is 27.2 Å². The van der Waals surface area contributed by atoms with Crippen molar-refractivity contribution >= 4 is 6.72 Å². The molecule has 1 nitrogen and oxygen atoms in total. The van der Waals surface area contributed by atoms with Crippen LogP contribution in [-0.2, 0) is 0 Å². The molecule has 0 fully saturated rings. The summed E-state index contributed by atoms with van der Waals surface area (Å²) in [5.74, 6) is 0. The lowest BCUT2D eigenvalue weighted by atomic mass is 10.5. The van der Waals surface area contributed by atoms with Gasteiger partial charge in [0.05, 0.1) is 0 Å². The lowest BCUT2D eigenvalue weighted by Gasteiger charge is -1.57. The monoisotopic (exact) mass is 141 g/mol. The van der Waals surface area contributed by atoms with Crippen molar-refractivity contribution < 1.29 is 0 Å². The van der Waals surface area contributed by atoms with Crippen LogP contribution in [0.25, 0.3) is 0 Å². The molecule has 0 rings (SSSR count). The van der Waals surface area contributed by atoms with E-state index >= 15 is 0 Å². The smallest absolute Gasteiger partial charge is 0.0188 e. The molecule has 0 radical (unpaired) electrons. The molecule has 60 valence electrons. The van der Waals surface area contributed by atoms with E-state index in [1.807, 2.05) is 19.9 Å². The zero-order valence-corrected chi connectivity index (χ0v) is 7.43. The molecule has 0 aromatic carbocycles. The normalized spacial score (nSPS) is 5.10. The second-order valence-electron chi connectivity index (χ2n) is 1.06. The molecule has 0 atom stereocenters. The molecule has 0 bridgehead atoms. The highest BCUT2D eigenvalue weighted by Gasteiger charge is 1.45. The summed E-state index contributed by atoms with van der Waals surface area (Å²) in [6.45, 7) is 15.9. The fraction of sp³-hybridized carbons (Fsp3) is 0.444. The molecule has 0 spiro atoms. The molecule has 0 unspecified atom stereocenters. The third-order valence-corrected chi connectivity index (χ3v) is 0.418. The summed E-state index contributed by atoms with van der Waals surface area (Å²) >= 11 is 0. The molecule has 0 aliphatic rings. The van der Waals surface area contributed by atoms with Crippen molar-refractivity contribution in [2.75, 3.05) is 0 Å². The number of aliphatic imine (C=N–C) groups is 1. The van der Waals surface area contributed by atoms with Crippen molar-refractivity contribution in [3.63, 3.8) is 0 Å². The lowest BCUT2D eigenvalue weighted by Crippen LogP contribution is -1.36. The topological polar surface area (TPSA) is 12.4 Å². The predicted molar refractivity (Wildman–Crippen MR) is 51.6 cm³/mol. The minimum atomic E-state index is 1.08. The van der Waals surface area contributed by atoms with Gasteiger partial charge >= 0.3 is 0 Å². The van der Waals surface area contributed by atoms with Crippen LogP contribution >= 0.6 is 0 Å². The van der Waals surface area contributed by atoms with Crippen molar-refractivity contribution in [2.24, 2.45) is 4.99 Å². The first-order chi connectivity index (χ1) is 4.83. The summed E-state index contributed by atoms with van der Waals surface area (Å²) < 4.78 is 0. The van der Waals surface area contributed by atoms with Crippen LogP contribution in [0.5, 0.6) is 0 Å². The largest absolute Gasteiger partial charge is 0.273 e. The van der Waals surface area contributed by atoms with E-state index in [1.54, 1.807) is 0 Å². The van der Waals surface area contributed by atoms with Gasteiger partial charge in [0, 0.05) is 6.20 Å². The molecule has 0 aromatic rings. The molecule has 0 aliphatic carbocycles. The number of allylic oxidation sites excluding steroid dienone is 1. The zero-order chi connectivity index (χ0) is 8.83. The van der Waals surface area contributed by atoms with E-state index in [2.05, 4.69) is 31.8 Å². The van der Waals surface area contributed by atoms with Crippen molar-refractivity contribution in [2.45, 2.75) is 27.2 Å². The molecule has 0 N–H and O–H groups in total. The number of nitrogens with zero attached hydrogens (tertiary/aromatic N) is 1. The zero-order valence-electron chi connectivity index (χ0n) is 7.43. The van der Waals surface area contributed by atoms with Crippen LogP contribution < -0.4 is 0 Å². The average Bonchev–Trinajstić information content (AvgIpc) is 2.08. The van der Waals surface area contributed by atoms with Crippen LogP contribution in [0.3, 0.4) is 0 Å². The highest BCUT2D eigenvalue weighted by atomic mass is 14.6. The third-order valence-electron chi connectivity index (χ3n) is 0.418. The van der Waals surface area contributed by atoms with Crippen LogP contribution in [-0.4, -0.2) is 6.72 Å². The molecule has 0 aromatic heterocycles. The van der Waals surface area contributed by atoms with E-state index in [9.17, 15) is 0 Å². The number of hydrogen-bond donors (Lipinski definition) is 0. The Hall–Kier alpha value is -0.850. The third kappa shape index (κ3) is 204. The van der Waals surface area contributed by atoms with E-state index in [0.29, 0.717) is 0 Å². The van der Waals surface area contributed by atoms with Crippen molar-refractivity contribution in [1.82, 2.24) is 0 Å². The fourth-order valence-corrected chi connectivity index (χ4v) is 0. The SMILES string of the molecule is C=CCC.C=CN=C.CC. The quantitative estimate of drug-likeness (QED) is 0.412. The predicted octanol–water partition coefficient (Wildman–Crippen LogP) is 3.44. The molecule has 0 aliphatic heterocycles. The molecule has 10 heavy (non-hydrogen) atoms. The van der Waals surface area contributed by atoms with Gasteiger partial charge in [0.15, 0.2) is 0 Å². The molecular formula is C9H19N. The highest BCUT2D eigenvalue weighted by Crippen LogP contribution is 1.66.